The minimum absolute atomic E-state index is 0.0421. The van der Waals surface area contributed by atoms with Gasteiger partial charge in [0, 0.05) is 10.5 Å². The number of carbonyl (C=O) groups excluding carboxylic acids is 2. The van der Waals surface area contributed by atoms with Crippen molar-refractivity contribution in [3.05, 3.63) is 37.8 Å². The molecule has 7 heteroatoms. The van der Waals surface area contributed by atoms with Gasteiger partial charge in [-0.05, 0) is 18.6 Å². The standard InChI is InChI=1S/C11H10BrNO5/c1-2-18-11(15)5-7-4-10(13(16)17)8(6-14)3-9(7)12/h3-4,6H,2,5H2,1H3. The largest absolute Gasteiger partial charge is 0.466 e. The van der Waals surface area contributed by atoms with Gasteiger partial charge in [-0.3, -0.25) is 19.7 Å². The summed E-state index contributed by atoms with van der Waals surface area (Å²) in [4.78, 5) is 32.1. The van der Waals surface area contributed by atoms with Gasteiger partial charge in [-0.2, -0.15) is 0 Å². The van der Waals surface area contributed by atoms with Crippen LogP contribution in [0.4, 0.5) is 5.69 Å². The number of nitro groups is 1. The number of halogens is 1. The smallest absolute Gasteiger partial charge is 0.310 e. The molecule has 0 saturated carbocycles. The minimum atomic E-state index is -0.662. The van der Waals surface area contributed by atoms with Gasteiger partial charge in [-0.25, -0.2) is 0 Å². The van der Waals surface area contributed by atoms with E-state index in [2.05, 4.69) is 15.9 Å². The van der Waals surface area contributed by atoms with Crippen LogP contribution in [0.25, 0.3) is 0 Å². The zero-order valence-corrected chi connectivity index (χ0v) is 11.1. The van der Waals surface area contributed by atoms with Crippen LogP contribution in [0.2, 0.25) is 0 Å². The van der Waals surface area contributed by atoms with Gasteiger partial charge in [0.05, 0.1) is 23.5 Å². The van der Waals surface area contributed by atoms with E-state index in [1.165, 1.54) is 12.1 Å². The van der Waals surface area contributed by atoms with E-state index in [-0.39, 0.29) is 24.3 Å². The number of rotatable bonds is 5. The molecular formula is C11H10BrNO5. The third-order valence-electron chi connectivity index (χ3n) is 2.16. The molecule has 0 saturated heterocycles. The summed E-state index contributed by atoms with van der Waals surface area (Å²) < 4.78 is 5.22. The predicted molar refractivity (Wildman–Crippen MR) is 66.5 cm³/mol. The molecule has 0 aliphatic rings. The van der Waals surface area contributed by atoms with Crippen molar-refractivity contribution >= 4 is 33.9 Å². The number of benzene rings is 1. The molecule has 18 heavy (non-hydrogen) atoms. The Morgan fingerprint density at radius 1 is 1.56 bits per heavy atom. The zero-order chi connectivity index (χ0) is 13.7. The molecule has 0 N–H and O–H groups in total. The molecule has 0 amide bonds. The van der Waals surface area contributed by atoms with Crippen molar-refractivity contribution in [1.82, 2.24) is 0 Å². The predicted octanol–water partition coefficient (Wildman–Crippen LogP) is 2.28. The van der Waals surface area contributed by atoms with E-state index >= 15 is 0 Å². The third-order valence-corrected chi connectivity index (χ3v) is 2.90. The molecule has 0 aliphatic carbocycles. The second kappa shape index (κ2) is 6.25. The van der Waals surface area contributed by atoms with Crippen molar-refractivity contribution in [2.45, 2.75) is 13.3 Å². The second-order valence-electron chi connectivity index (χ2n) is 3.36. The monoisotopic (exact) mass is 315 g/mol. The number of hydrogen-bond donors (Lipinski definition) is 0. The Kier molecular flexibility index (Phi) is 4.96. The third kappa shape index (κ3) is 3.36. The van der Waals surface area contributed by atoms with Gasteiger partial charge in [0.25, 0.3) is 5.69 Å². The van der Waals surface area contributed by atoms with E-state index in [0.717, 1.165) is 0 Å². The summed E-state index contributed by atoms with van der Waals surface area (Å²) >= 11 is 3.16. The summed E-state index contributed by atoms with van der Waals surface area (Å²) in [5, 5.41) is 10.8. The summed E-state index contributed by atoms with van der Waals surface area (Å²) in [6, 6.07) is 2.52. The highest BCUT2D eigenvalue weighted by molar-refractivity contribution is 9.10. The first-order chi connectivity index (χ1) is 8.49. The maximum Gasteiger partial charge on any atom is 0.310 e. The van der Waals surface area contributed by atoms with E-state index in [4.69, 9.17) is 4.74 Å². The summed E-state index contributed by atoms with van der Waals surface area (Å²) in [5.41, 5.74) is 0.0396. The van der Waals surface area contributed by atoms with Crippen molar-refractivity contribution in [1.29, 1.82) is 0 Å². The Labute approximate surface area is 111 Å². The van der Waals surface area contributed by atoms with Crippen LogP contribution < -0.4 is 0 Å². The van der Waals surface area contributed by atoms with Crippen LogP contribution in [0.3, 0.4) is 0 Å². The van der Waals surface area contributed by atoms with E-state index in [0.29, 0.717) is 16.3 Å². The first-order valence-electron chi connectivity index (χ1n) is 5.07. The SMILES string of the molecule is CCOC(=O)Cc1cc([N+](=O)[O-])c(C=O)cc1Br. The molecule has 0 unspecified atom stereocenters. The quantitative estimate of drug-likeness (QED) is 0.360. The van der Waals surface area contributed by atoms with Gasteiger partial charge in [-0.1, -0.05) is 15.9 Å². The highest BCUT2D eigenvalue weighted by atomic mass is 79.9. The number of hydrogen-bond acceptors (Lipinski definition) is 5. The van der Waals surface area contributed by atoms with E-state index in [9.17, 15) is 19.7 Å². The molecule has 0 aromatic heterocycles. The summed E-state index contributed by atoms with van der Waals surface area (Å²) in [6.07, 6.45) is 0.311. The van der Waals surface area contributed by atoms with Gasteiger partial charge < -0.3 is 4.74 Å². The van der Waals surface area contributed by atoms with Gasteiger partial charge in [0.15, 0.2) is 6.29 Å². The Morgan fingerprint density at radius 2 is 2.22 bits per heavy atom. The number of aldehydes is 1. The summed E-state index contributed by atoms with van der Waals surface area (Å²) in [5.74, 6) is -0.480. The number of nitro benzene ring substituents is 1. The Balaban J connectivity index is 3.13. The topological polar surface area (TPSA) is 86.5 Å². The van der Waals surface area contributed by atoms with Gasteiger partial charge >= 0.3 is 5.97 Å². The van der Waals surface area contributed by atoms with Gasteiger partial charge in [0.2, 0.25) is 0 Å². The van der Waals surface area contributed by atoms with Crippen LogP contribution in [-0.2, 0) is 16.0 Å². The van der Waals surface area contributed by atoms with Crippen molar-refractivity contribution in [2.24, 2.45) is 0 Å². The molecule has 0 fully saturated rings. The maximum absolute atomic E-state index is 11.3. The molecule has 0 spiro atoms. The normalized spacial score (nSPS) is 9.89. The lowest BCUT2D eigenvalue weighted by Crippen LogP contribution is -2.08. The minimum Gasteiger partial charge on any atom is -0.466 e. The maximum atomic E-state index is 11.3. The molecule has 0 bridgehead atoms. The van der Waals surface area contributed by atoms with Crippen LogP contribution in [0, 0.1) is 10.1 Å². The second-order valence-corrected chi connectivity index (χ2v) is 4.21. The molecular weight excluding hydrogens is 306 g/mol. The molecule has 1 aromatic rings. The Morgan fingerprint density at radius 3 is 2.72 bits per heavy atom. The zero-order valence-electron chi connectivity index (χ0n) is 9.51. The molecule has 0 atom stereocenters. The van der Waals surface area contributed by atoms with Gasteiger partial charge in [-0.15, -0.1) is 0 Å². The average Bonchev–Trinajstić information content (AvgIpc) is 2.31. The molecule has 1 aromatic carbocycles. The van der Waals surface area contributed by atoms with Crippen molar-refractivity contribution in [3.63, 3.8) is 0 Å². The fourth-order valence-electron chi connectivity index (χ4n) is 1.38. The fraction of sp³-hybridized carbons (Fsp3) is 0.273. The van der Waals surface area contributed by atoms with Crippen molar-refractivity contribution in [3.8, 4) is 0 Å². The Hall–Kier alpha value is -1.76. The van der Waals surface area contributed by atoms with Crippen molar-refractivity contribution in [2.75, 3.05) is 6.61 Å². The van der Waals surface area contributed by atoms with Crippen LogP contribution in [0.1, 0.15) is 22.8 Å². The number of esters is 1. The van der Waals surface area contributed by atoms with Crippen LogP contribution >= 0.6 is 15.9 Å². The van der Waals surface area contributed by atoms with Gasteiger partial charge in [0.1, 0.15) is 0 Å². The first-order valence-corrected chi connectivity index (χ1v) is 5.86. The van der Waals surface area contributed by atoms with E-state index in [1.807, 2.05) is 0 Å². The number of nitrogens with zero attached hydrogens (tertiary/aromatic N) is 1. The lowest BCUT2D eigenvalue weighted by Gasteiger charge is -2.06. The number of ether oxygens (including phenoxy) is 1. The molecule has 1 rings (SSSR count). The lowest BCUT2D eigenvalue weighted by molar-refractivity contribution is -0.385. The Bertz CT molecular complexity index is 500. The van der Waals surface area contributed by atoms with Crippen LogP contribution in [0.5, 0.6) is 0 Å². The lowest BCUT2D eigenvalue weighted by atomic mass is 10.1. The highest BCUT2D eigenvalue weighted by Crippen LogP contribution is 2.27. The summed E-state index contributed by atoms with van der Waals surface area (Å²) in [7, 11) is 0. The molecule has 0 radical (unpaired) electrons. The average molecular weight is 316 g/mol. The molecule has 96 valence electrons. The van der Waals surface area contributed by atoms with Crippen molar-refractivity contribution < 1.29 is 19.2 Å². The van der Waals surface area contributed by atoms with E-state index in [1.54, 1.807) is 6.92 Å². The van der Waals surface area contributed by atoms with Crippen LogP contribution in [-0.4, -0.2) is 23.8 Å². The van der Waals surface area contributed by atoms with Crippen LogP contribution in [0.15, 0.2) is 16.6 Å². The summed E-state index contributed by atoms with van der Waals surface area (Å²) in [6.45, 7) is 1.91. The fourth-order valence-corrected chi connectivity index (χ4v) is 1.88. The molecule has 0 aliphatic heterocycles. The number of carbonyl (C=O) groups is 2. The van der Waals surface area contributed by atoms with E-state index < -0.39 is 10.9 Å². The first kappa shape index (κ1) is 14.3. The molecule has 6 nitrogen and oxygen atoms in total. The highest BCUT2D eigenvalue weighted by Gasteiger charge is 2.18. The molecule has 0 heterocycles.